The molecule has 0 amide bonds. The maximum absolute atomic E-state index is 5.48. The third-order valence-corrected chi connectivity index (χ3v) is 4.87. The van der Waals surface area contributed by atoms with Crippen molar-refractivity contribution in [3.8, 4) is 0 Å². The predicted molar refractivity (Wildman–Crippen MR) is 78.4 cm³/mol. The van der Waals surface area contributed by atoms with E-state index in [0.29, 0.717) is 6.61 Å². The van der Waals surface area contributed by atoms with Crippen molar-refractivity contribution in [2.24, 2.45) is 11.8 Å². The summed E-state index contributed by atoms with van der Waals surface area (Å²) in [4.78, 5) is 0. The number of rotatable bonds is 8. The molecule has 0 aromatic rings. The standard InChI is InChI=1S/C16H31NO2/c1-18-11-12-19-10-4-9-17-16-8-7-14-5-2-3-6-15(14)13-16/h14-17H,2-13H2,1H3. The van der Waals surface area contributed by atoms with Crippen LogP contribution in [0.5, 0.6) is 0 Å². The van der Waals surface area contributed by atoms with E-state index >= 15 is 0 Å². The van der Waals surface area contributed by atoms with E-state index in [9.17, 15) is 0 Å². The van der Waals surface area contributed by atoms with Crippen molar-refractivity contribution >= 4 is 0 Å². The van der Waals surface area contributed by atoms with E-state index in [2.05, 4.69) is 5.32 Å². The molecular weight excluding hydrogens is 238 g/mol. The Bertz CT molecular complexity index is 235. The first-order valence-corrected chi connectivity index (χ1v) is 8.20. The van der Waals surface area contributed by atoms with Crippen molar-refractivity contribution in [1.82, 2.24) is 5.32 Å². The molecule has 1 N–H and O–H groups in total. The summed E-state index contributed by atoms with van der Waals surface area (Å²) >= 11 is 0. The van der Waals surface area contributed by atoms with E-state index in [4.69, 9.17) is 9.47 Å². The lowest BCUT2D eigenvalue weighted by Gasteiger charge is -2.39. The lowest BCUT2D eigenvalue weighted by atomic mass is 9.69. The van der Waals surface area contributed by atoms with Crippen molar-refractivity contribution in [3.63, 3.8) is 0 Å². The number of nitrogens with one attached hydrogen (secondary N) is 1. The molecule has 2 fully saturated rings. The maximum Gasteiger partial charge on any atom is 0.0700 e. The molecule has 3 heteroatoms. The summed E-state index contributed by atoms with van der Waals surface area (Å²) in [5.74, 6) is 2.09. The summed E-state index contributed by atoms with van der Waals surface area (Å²) < 4.78 is 10.4. The molecule has 19 heavy (non-hydrogen) atoms. The Hall–Kier alpha value is -0.120. The van der Waals surface area contributed by atoms with Crippen LogP contribution >= 0.6 is 0 Å². The number of methoxy groups -OCH3 is 1. The van der Waals surface area contributed by atoms with Gasteiger partial charge in [-0.15, -0.1) is 0 Å². The van der Waals surface area contributed by atoms with Crippen molar-refractivity contribution in [2.75, 3.05) is 33.5 Å². The summed E-state index contributed by atoms with van der Waals surface area (Å²) in [6.07, 6.45) is 11.4. The number of hydrogen-bond acceptors (Lipinski definition) is 3. The lowest BCUT2D eigenvalue weighted by molar-refractivity contribution is 0.0685. The Kier molecular flexibility index (Phi) is 7.18. The second-order valence-corrected chi connectivity index (χ2v) is 6.23. The van der Waals surface area contributed by atoms with Gasteiger partial charge < -0.3 is 14.8 Å². The Morgan fingerprint density at radius 2 is 1.79 bits per heavy atom. The molecule has 0 saturated heterocycles. The zero-order valence-corrected chi connectivity index (χ0v) is 12.5. The second-order valence-electron chi connectivity index (χ2n) is 6.23. The smallest absolute Gasteiger partial charge is 0.0700 e. The topological polar surface area (TPSA) is 30.5 Å². The van der Waals surface area contributed by atoms with Gasteiger partial charge in [-0.25, -0.2) is 0 Å². The van der Waals surface area contributed by atoms with E-state index in [0.717, 1.165) is 44.1 Å². The summed E-state index contributed by atoms with van der Waals surface area (Å²) in [7, 11) is 1.71. The first kappa shape index (κ1) is 15.3. The third kappa shape index (κ3) is 5.41. The van der Waals surface area contributed by atoms with Crippen LogP contribution in [0, 0.1) is 11.8 Å². The molecule has 0 radical (unpaired) electrons. The average molecular weight is 269 g/mol. The Balaban J connectivity index is 1.50. The molecule has 0 aliphatic heterocycles. The minimum Gasteiger partial charge on any atom is -0.382 e. The Labute approximate surface area is 118 Å². The van der Waals surface area contributed by atoms with Crippen LogP contribution in [0.15, 0.2) is 0 Å². The molecule has 3 unspecified atom stereocenters. The van der Waals surface area contributed by atoms with Gasteiger partial charge in [0.05, 0.1) is 13.2 Å². The van der Waals surface area contributed by atoms with Gasteiger partial charge in [-0.1, -0.05) is 25.7 Å². The quantitative estimate of drug-likeness (QED) is 0.687. The Morgan fingerprint density at radius 3 is 2.63 bits per heavy atom. The second kappa shape index (κ2) is 8.93. The SMILES string of the molecule is COCCOCCCNC1CCC2CCCCC2C1. The monoisotopic (exact) mass is 269 g/mol. The van der Waals surface area contributed by atoms with Gasteiger partial charge in [0, 0.05) is 19.8 Å². The van der Waals surface area contributed by atoms with Crippen molar-refractivity contribution in [2.45, 2.75) is 57.4 Å². The van der Waals surface area contributed by atoms with Gasteiger partial charge in [0.2, 0.25) is 0 Å². The number of fused-ring (bicyclic) bond motifs is 1. The van der Waals surface area contributed by atoms with Crippen LogP contribution in [-0.4, -0.2) is 39.5 Å². The fourth-order valence-corrected chi connectivity index (χ4v) is 3.78. The van der Waals surface area contributed by atoms with Crippen molar-refractivity contribution in [1.29, 1.82) is 0 Å². The third-order valence-electron chi connectivity index (χ3n) is 4.87. The Morgan fingerprint density at radius 1 is 0.947 bits per heavy atom. The van der Waals surface area contributed by atoms with Crippen LogP contribution < -0.4 is 5.32 Å². The molecule has 3 atom stereocenters. The van der Waals surface area contributed by atoms with Gasteiger partial charge in [-0.3, -0.25) is 0 Å². The van der Waals surface area contributed by atoms with Crippen LogP contribution in [0.25, 0.3) is 0 Å². The normalized spacial score (nSPS) is 31.1. The first-order chi connectivity index (χ1) is 9.40. The molecule has 0 bridgehead atoms. The zero-order valence-electron chi connectivity index (χ0n) is 12.5. The summed E-state index contributed by atoms with van der Waals surface area (Å²) in [5.41, 5.74) is 0. The minimum atomic E-state index is 0.707. The average Bonchev–Trinajstić information content (AvgIpc) is 2.46. The van der Waals surface area contributed by atoms with Crippen LogP contribution in [0.1, 0.15) is 51.4 Å². The molecule has 0 heterocycles. The highest BCUT2D eigenvalue weighted by atomic mass is 16.5. The molecule has 0 aromatic heterocycles. The van der Waals surface area contributed by atoms with E-state index in [-0.39, 0.29) is 0 Å². The van der Waals surface area contributed by atoms with E-state index < -0.39 is 0 Å². The molecule has 112 valence electrons. The van der Waals surface area contributed by atoms with Gasteiger partial charge in [0.1, 0.15) is 0 Å². The van der Waals surface area contributed by atoms with Crippen LogP contribution in [0.4, 0.5) is 0 Å². The largest absolute Gasteiger partial charge is 0.382 e. The summed E-state index contributed by atoms with van der Waals surface area (Å²) in [6, 6.07) is 0.776. The highest BCUT2D eigenvalue weighted by Gasteiger charge is 2.31. The fourth-order valence-electron chi connectivity index (χ4n) is 3.78. The molecule has 2 saturated carbocycles. The first-order valence-electron chi connectivity index (χ1n) is 8.20. The molecule has 0 spiro atoms. The molecular formula is C16H31NO2. The van der Waals surface area contributed by atoms with E-state index in [1.54, 1.807) is 7.11 Å². The van der Waals surface area contributed by atoms with Gasteiger partial charge in [-0.2, -0.15) is 0 Å². The summed E-state index contributed by atoms with van der Waals surface area (Å²) in [6.45, 7) is 3.40. The van der Waals surface area contributed by atoms with Crippen molar-refractivity contribution in [3.05, 3.63) is 0 Å². The van der Waals surface area contributed by atoms with E-state index in [1.165, 1.54) is 44.9 Å². The van der Waals surface area contributed by atoms with Crippen LogP contribution in [0.3, 0.4) is 0 Å². The van der Waals surface area contributed by atoms with Gasteiger partial charge in [0.15, 0.2) is 0 Å². The van der Waals surface area contributed by atoms with Crippen LogP contribution in [-0.2, 0) is 9.47 Å². The lowest BCUT2D eigenvalue weighted by Crippen LogP contribution is -2.39. The van der Waals surface area contributed by atoms with E-state index in [1.807, 2.05) is 0 Å². The predicted octanol–water partition coefficient (Wildman–Crippen LogP) is 2.99. The zero-order chi connectivity index (χ0) is 13.3. The van der Waals surface area contributed by atoms with Gasteiger partial charge >= 0.3 is 0 Å². The van der Waals surface area contributed by atoms with Crippen LogP contribution in [0.2, 0.25) is 0 Å². The molecule has 3 nitrogen and oxygen atoms in total. The summed E-state index contributed by atoms with van der Waals surface area (Å²) in [5, 5.41) is 3.73. The highest BCUT2D eigenvalue weighted by Crippen LogP contribution is 2.40. The molecule has 2 rings (SSSR count). The van der Waals surface area contributed by atoms with Crippen molar-refractivity contribution < 1.29 is 9.47 Å². The maximum atomic E-state index is 5.48. The molecule has 2 aliphatic carbocycles. The van der Waals surface area contributed by atoms with Gasteiger partial charge in [-0.05, 0) is 44.1 Å². The number of ether oxygens (including phenoxy) is 2. The number of hydrogen-bond donors (Lipinski definition) is 1. The molecule has 0 aromatic carbocycles. The molecule has 2 aliphatic rings. The fraction of sp³-hybridized carbons (Fsp3) is 1.00. The van der Waals surface area contributed by atoms with Gasteiger partial charge in [0.25, 0.3) is 0 Å². The highest BCUT2D eigenvalue weighted by molar-refractivity contribution is 4.86. The minimum absolute atomic E-state index is 0.707.